The smallest absolute Gasteiger partial charge is 0.130 e. The number of hydrogen-bond acceptors (Lipinski definition) is 7. The van der Waals surface area contributed by atoms with Crippen LogP contribution in [0.4, 0.5) is 0 Å². The topological polar surface area (TPSA) is 64.6 Å². The molecule has 5 aromatic rings. The second-order valence-corrected chi connectivity index (χ2v) is 15.6. The molecule has 2 saturated carbocycles. The lowest BCUT2D eigenvalue weighted by Crippen LogP contribution is -2.55. The van der Waals surface area contributed by atoms with E-state index in [1.165, 1.54) is 0 Å². The first-order chi connectivity index (χ1) is 28.1. The Hall–Kier alpha value is -4.50. The van der Waals surface area contributed by atoms with Crippen molar-refractivity contribution in [2.75, 3.05) is 40.6 Å². The molecule has 4 atom stereocenters. The van der Waals surface area contributed by atoms with Crippen LogP contribution in [0.5, 0.6) is 11.5 Å². The minimum atomic E-state index is -0.818. The zero-order chi connectivity index (χ0) is 39.0. The molecule has 298 valence electrons. The van der Waals surface area contributed by atoms with Gasteiger partial charge in [0, 0.05) is 11.1 Å². The fraction of sp³-hybridized carbons (Fsp3) is 0.400. The van der Waals surface area contributed by atoms with Crippen molar-refractivity contribution in [2.45, 2.75) is 87.0 Å². The number of rotatable bonds is 6. The van der Waals surface area contributed by atoms with E-state index in [2.05, 4.69) is 121 Å². The third-order valence-corrected chi connectivity index (χ3v) is 12.6. The van der Waals surface area contributed by atoms with E-state index in [1.807, 2.05) is 12.1 Å². The van der Waals surface area contributed by atoms with Crippen molar-refractivity contribution in [3.05, 3.63) is 167 Å². The van der Waals surface area contributed by atoms with E-state index in [0.29, 0.717) is 32.2 Å². The number of methoxy groups -OCH3 is 2. The molecule has 57 heavy (non-hydrogen) atoms. The van der Waals surface area contributed by atoms with Gasteiger partial charge in [-0.1, -0.05) is 121 Å². The summed E-state index contributed by atoms with van der Waals surface area (Å²) in [5.41, 5.74) is 2.91. The van der Waals surface area contributed by atoms with Crippen LogP contribution >= 0.6 is 0 Å². The summed E-state index contributed by atoms with van der Waals surface area (Å²) in [6.45, 7) is 2.12. The molecule has 8 rings (SSSR count). The molecule has 0 spiro atoms. The highest BCUT2D eigenvalue weighted by atomic mass is 16.6. The normalized spacial score (nSPS) is 27.5. The van der Waals surface area contributed by atoms with Crippen LogP contribution in [0.15, 0.2) is 133 Å². The number of benzene rings is 5. The van der Waals surface area contributed by atoms with Crippen LogP contribution < -0.4 is 9.47 Å². The summed E-state index contributed by atoms with van der Waals surface area (Å²) in [4.78, 5) is 0. The largest absolute Gasteiger partial charge is 0.497 e. The Morgan fingerprint density at radius 2 is 0.737 bits per heavy atom. The van der Waals surface area contributed by atoms with Gasteiger partial charge >= 0.3 is 0 Å². The van der Waals surface area contributed by atoms with E-state index in [1.54, 1.807) is 14.2 Å². The molecule has 0 aromatic heterocycles. The highest BCUT2D eigenvalue weighted by Crippen LogP contribution is 2.58. The standard InChI is InChI=1S/C50H56O7/c1-51-45-35-39-37-56-49(43-23-11-5-12-24-43)29-17-15-27-47(49,41-19-7-3-8-20-41)54-33-31-53-32-34-55-48(42-21-9-4-10-22-42)28-16-18-30-50(48,44-25-13-6-14-26-44)57-38-40(36-45)46(39)52-2/h3-14,19-26,35-36H,15-18,27-34,37-38H2,1-2H3/t47-,48-,49-,50-/m0/s1. The van der Waals surface area contributed by atoms with Gasteiger partial charge in [0.2, 0.25) is 0 Å². The Labute approximate surface area is 338 Å². The molecule has 0 saturated heterocycles. The van der Waals surface area contributed by atoms with Crippen molar-refractivity contribution in [1.29, 1.82) is 0 Å². The Bertz CT molecular complexity index is 1890. The van der Waals surface area contributed by atoms with Gasteiger partial charge in [-0.3, -0.25) is 0 Å². The molecule has 1 heterocycles. The van der Waals surface area contributed by atoms with E-state index in [9.17, 15) is 0 Å². The Morgan fingerprint density at radius 3 is 1.05 bits per heavy atom. The molecular weight excluding hydrogens is 713 g/mol. The predicted octanol–water partition coefficient (Wildman–Crippen LogP) is 10.5. The van der Waals surface area contributed by atoms with E-state index < -0.39 is 22.4 Å². The van der Waals surface area contributed by atoms with Crippen LogP contribution in [0.1, 0.15) is 84.7 Å². The lowest BCUT2D eigenvalue weighted by molar-refractivity contribution is -0.257. The summed E-state index contributed by atoms with van der Waals surface area (Å²) in [6.07, 6.45) is 7.18. The maximum absolute atomic E-state index is 7.49. The molecule has 1 aliphatic heterocycles. The Morgan fingerprint density at radius 1 is 0.404 bits per heavy atom. The molecule has 3 aliphatic rings. The monoisotopic (exact) mass is 768 g/mol. The lowest BCUT2D eigenvalue weighted by atomic mass is 9.64. The molecular formula is C50H56O7. The zero-order valence-corrected chi connectivity index (χ0v) is 33.5. The lowest BCUT2D eigenvalue weighted by Gasteiger charge is -2.54. The van der Waals surface area contributed by atoms with Crippen LogP contribution in [0.3, 0.4) is 0 Å². The molecule has 0 amide bonds. The van der Waals surface area contributed by atoms with Gasteiger partial charge in [-0.2, -0.15) is 0 Å². The Balaban J connectivity index is 1.28. The first-order valence-electron chi connectivity index (χ1n) is 20.7. The van der Waals surface area contributed by atoms with Crippen molar-refractivity contribution >= 4 is 0 Å². The predicted molar refractivity (Wildman–Crippen MR) is 221 cm³/mol. The Kier molecular flexibility index (Phi) is 12.1. The van der Waals surface area contributed by atoms with E-state index >= 15 is 0 Å². The third kappa shape index (κ3) is 7.30. The quantitative estimate of drug-likeness (QED) is 0.170. The maximum atomic E-state index is 7.49. The van der Waals surface area contributed by atoms with Gasteiger partial charge in [0.1, 0.15) is 33.9 Å². The summed E-state index contributed by atoms with van der Waals surface area (Å²) in [5.74, 6) is 1.44. The minimum absolute atomic E-state index is 0.262. The number of fused-ring (bicyclic) bond motifs is 4. The number of hydrogen-bond donors (Lipinski definition) is 0. The SMILES string of the molecule is COc1cc2c(OC)c(c1)CO[C@]1(c3ccccc3)CCCC[C@@]1(c1ccccc1)OCCOCCO[C@]1(c3ccccc3)CCCC[C@@]1(c1ccccc1)OC2. The van der Waals surface area contributed by atoms with Crippen molar-refractivity contribution < 1.29 is 33.2 Å². The molecule has 0 radical (unpaired) electrons. The summed E-state index contributed by atoms with van der Waals surface area (Å²) >= 11 is 0. The van der Waals surface area contributed by atoms with Gasteiger partial charge in [-0.25, -0.2) is 0 Å². The number of ether oxygens (including phenoxy) is 7. The molecule has 7 heteroatoms. The fourth-order valence-electron chi connectivity index (χ4n) is 10.1. The molecule has 5 aromatic carbocycles. The highest BCUT2D eigenvalue weighted by molar-refractivity contribution is 5.48. The summed E-state index contributed by atoms with van der Waals surface area (Å²) in [5, 5.41) is 0. The second-order valence-electron chi connectivity index (χ2n) is 15.6. The maximum Gasteiger partial charge on any atom is 0.130 e. The zero-order valence-electron chi connectivity index (χ0n) is 33.5. The van der Waals surface area contributed by atoms with Crippen molar-refractivity contribution in [1.82, 2.24) is 0 Å². The van der Waals surface area contributed by atoms with Gasteiger partial charge < -0.3 is 33.2 Å². The summed E-state index contributed by atoms with van der Waals surface area (Å²) in [6, 6.07) is 46.5. The first kappa shape index (κ1) is 39.3. The molecule has 0 N–H and O–H groups in total. The van der Waals surface area contributed by atoms with Crippen molar-refractivity contribution in [3.63, 3.8) is 0 Å². The molecule has 2 bridgehead atoms. The summed E-state index contributed by atoms with van der Waals surface area (Å²) in [7, 11) is 3.44. The molecule has 2 aliphatic carbocycles. The van der Waals surface area contributed by atoms with Gasteiger partial charge in [-0.05, 0) is 85.8 Å². The van der Waals surface area contributed by atoms with Crippen LogP contribution in [0.25, 0.3) is 0 Å². The average molecular weight is 769 g/mol. The first-order valence-corrected chi connectivity index (χ1v) is 20.7. The van der Waals surface area contributed by atoms with Gasteiger partial charge in [0.25, 0.3) is 0 Å². The van der Waals surface area contributed by atoms with Gasteiger partial charge in [0.05, 0.1) is 53.9 Å². The average Bonchev–Trinajstić information content (AvgIpc) is 3.28. The minimum Gasteiger partial charge on any atom is -0.497 e. The summed E-state index contributed by atoms with van der Waals surface area (Å²) < 4.78 is 48.2. The molecule has 7 nitrogen and oxygen atoms in total. The van der Waals surface area contributed by atoms with Crippen molar-refractivity contribution in [2.24, 2.45) is 0 Å². The van der Waals surface area contributed by atoms with Gasteiger partial charge in [-0.15, -0.1) is 0 Å². The van der Waals surface area contributed by atoms with Gasteiger partial charge in [0.15, 0.2) is 0 Å². The second kappa shape index (κ2) is 17.6. The molecule has 0 unspecified atom stereocenters. The highest BCUT2D eigenvalue weighted by Gasteiger charge is 2.59. The van der Waals surface area contributed by atoms with Crippen LogP contribution in [-0.2, 0) is 59.3 Å². The van der Waals surface area contributed by atoms with Crippen LogP contribution in [0.2, 0.25) is 0 Å². The fourth-order valence-corrected chi connectivity index (χ4v) is 10.1. The van der Waals surface area contributed by atoms with E-state index in [4.69, 9.17) is 33.2 Å². The van der Waals surface area contributed by atoms with E-state index in [-0.39, 0.29) is 13.2 Å². The third-order valence-electron chi connectivity index (χ3n) is 12.6. The van der Waals surface area contributed by atoms with E-state index in [0.717, 1.165) is 90.5 Å². The van der Waals surface area contributed by atoms with Crippen molar-refractivity contribution in [3.8, 4) is 11.5 Å². The van der Waals surface area contributed by atoms with Crippen LogP contribution in [0, 0.1) is 0 Å². The van der Waals surface area contributed by atoms with Crippen LogP contribution in [-0.4, -0.2) is 40.6 Å². The molecule has 2 fully saturated rings.